The largest absolute Gasteiger partial charge is 0.379 e. The van der Waals surface area contributed by atoms with Gasteiger partial charge in [0.15, 0.2) is 5.13 Å². The summed E-state index contributed by atoms with van der Waals surface area (Å²) in [5, 5.41) is 0.772. The highest BCUT2D eigenvalue weighted by atomic mass is 32.2. The molecule has 1 fully saturated rings. The summed E-state index contributed by atoms with van der Waals surface area (Å²) in [5.74, 6) is 0.0241. The first kappa shape index (κ1) is 20.3. The van der Waals surface area contributed by atoms with Crippen LogP contribution in [0.3, 0.4) is 0 Å². The van der Waals surface area contributed by atoms with Crippen LogP contribution in [0.15, 0.2) is 53.4 Å². The highest BCUT2D eigenvalue weighted by Crippen LogP contribution is 2.31. The molecule has 1 saturated heterocycles. The number of carbonyl (C=O) groups is 1. The number of morpholine rings is 1. The van der Waals surface area contributed by atoms with E-state index in [-0.39, 0.29) is 5.91 Å². The van der Waals surface area contributed by atoms with Crippen molar-refractivity contribution in [3.8, 4) is 0 Å². The Morgan fingerprint density at radius 1 is 1.17 bits per heavy atom. The lowest BCUT2D eigenvalue weighted by atomic mass is 10.2. The third-order valence-corrected chi connectivity index (χ3v) is 6.91. The summed E-state index contributed by atoms with van der Waals surface area (Å²) in [4.78, 5) is 23.6. The van der Waals surface area contributed by atoms with E-state index in [1.807, 2.05) is 53.6 Å². The summed E-state index contributed by atoms with van der Waals surface area (Å²) in [5.41, 5.74) is 1.68. The van der Waals surface area contributed by atoms with Gasteiger partial charge in [-0.05, 0) is 36.9 Å². The van der Waals surface area contributed by atoms with Crippen molar-refractivity contribution < 1.29 is 9.53 Å². The van der Waals surface area contributed by atoms with Crippen LogP contribution in [0.1, 0.15) is 16.8 Å². The molecule has 1 aliphatic rings. The van der Waals surface area contributed by atoms with Crippen molar-refractivity contribution in [1.29, 1.82) is 0 Å². The molecule has 1 aromatic heterocycles. The number of para-hydroxylation sites is 1. The maximum absolute atomic E-state index is 13.5. The SMILES string of the molecule is CSc1ccccc1C(=O)N(CCCN1CCOCC1)c1nc2ccccc2s1. The van der Waals surface area contributed by atoms with E-state index in [9.17, 15) is 4.79 Å². The van der Waals surface area contributed by atoms with Gasteiger partial charge in [-0.25, -0.2) is 4.98 Å². The Morgan fingerprint density at radius 3 is 2.72 bits per heavy atom. The number of hydrogen-bond acceptors (Lipinski definition) is 6. The minimum Gasteiger partial charge on any atom is -0.379 e. The van der Waals surface area contributed by atoms with Gasteiger partial charge in [-0.3, -0.25) is 14.6 Å². The van der Waals surface area contributed by atoms with Crippen LogP contribution in [0, 0.1) is 0 Å². The lowest BCUT2D eigenvalue weighted by molar-refractivity contribution is 0.0376. The molecule has 0 aliphatic carbocycles. The van der Waals surface area contributed by atoms with Crippen LogP contribution in [0.25, 0.3) is 10.2 Å². The van der Waals surface area contributed by atoms with Gasteiger partial charge in [0.1, 0.15) is 0 Å². The lowest BCUT2D eigenvalue weighted by Gasteiger charge is -2.28. The first-order chi connectivity index (χ1) is 14.3. The standard InChI is InChI=1S/C22H25N3O2S2/c1-28-19-9-4-2-7-17(19)21(26)25(12-6-11-24-13-15-27-16-14-24)22-23-18-8-3-5-10-20(18)29-22/h2-5,7-10H,6,11-16H2,1H3. The predicted octanol–water partition coefficient (Wildman–Crippen LogP) is 4.39. The van der Waals surface area contributed by atoms with Gasteiger partial charge in [0.25, 0.3) is 5.91 Å². The summed E-state index contributed by atoms with van der Waals surface area (Å²) in [6, 6.07) is 15.9. The van der Waals surface area contributed by atoms with E-state index in [1.54, 1.807) is 23.1 Å². The molecule has 0 atom stereocenters. The van der Waals surface area contributed by atoms with Crippen LogP contribution in [0.5, 0.6) is 0 Å². The van der Waals surface area contributed by atoms with Gasteiger partial charge in [-0.1, -0.05) is 35.6 Å². The topological polar surface area (TPSA) is 45.7 Å². The number of anilines is 1. The zero-order valence-electron chi connectivity index (χ0n) is 16.5. The van der Waals surface area contributed by atoms with E-state index < -0.39 is 0 Å². The van der Waals surface area contributed by atoms with Crippen LogP contribution >= 0.6 is 23.1 Å². The van der Waals surface area contributed by atoms with Gasteiger partial charge < -0.3 is 4.74 Å². The van der Waals surface area contributed by atoms with E-state index in [0.717, 1.165) is 65.1 Å². The zero-order chi connectivity index (χ0) is 20.1. The molecule has 2 aromatic carbocycles. The average molecular weight is 428 g/mol. The molecule has 4 rings (SSSR count). The second-order valence-corrected chi connectivity index (χ2v) is 8.79. The van der Waals surface area contributed by atoms with Crippen LogP contribution in [-0.4, -0.2) is 61.4 Å². The second-order valence-electron chi connectivity index (χ2n) is 6.93. The molecule has 0 bridgehead atoms. The van der Waals surface area contributed by atoms with Gasteiger partial charge in [0.05, 0.1) is 29.0 Å². The first-order valence-corrected chi connectivity index (χ1v) is 11.9. The number of hydrogen-bond donors (Lipinski definition) is 0. The van der Waals surface area contributed by atoms with Crippen molar-refractivity contribution in [1.82, 2.24) is 9.88 Å². The summed E-state index contributed by atoms with van der Waals surface area (Å²) in [7, 11) is 0. The van der Waals surface area contributed by atoms with E-state index in [0.29, 0.717) is 6.54 Å². The Labute approximate surface area is 179 Å². The zero-order valence-corrected chi connectivity index (χ0v) is 18.2. The molecule has 2 heterocycles. The monoisotopic (exact) mass is 427 g/mol. The number of thioether (sulfide) groups is 1. The molecule has 0 saturated carbocycles. The third-order valence-electron chi connectivity index (χ3n) is 5.06. The fraction of sp³-hybridized carbons (Fsp3) is 0.364. The molecule has 3 aromatic rings. The number of ether oxygens (including phenoxy) is 1. The molecule has 7 heteroatoms. The molecule has 29 heavy (non-hydrogen) atoms. The van der Waals surface area contributed by atoms with E-state index in [2.05, 4.69) is 11.0 Å². The fourth-order valence-corrected chi connectivity index (χ4v) is 5.08. The molecular weight excluding hydrogens is 402 g/mol. The van der Waals surface area contributed by atoms with Crippen molar-refractivity contribution in [3.05, 3.63) is 54.1 Å². The van der Waals surface area contributed by atoms with Crippen LogP contribution < -0.4 is 4.90 Å². The number of aromatic nitrogens is 1. The predicted molar refractivity (Wildman–Crippen MR) is 121 cm³/mol. The van der Waals surface area contributed by atoms with Crippen molar-refractivity contribution >= 4 is 44.4 Å². The summed E-state index contributed by atoms with van der Waals surface area (Å²) in [6.45, 7) is 5.12. The molecule has 0 radical (unpaired) electrons. The molecule has 1 aliphatic heterocycles. The Bertz CT molecular complexity index is 936. The normalized spacial score (nSPS) is 14.9. The number of fused-ring (bicyclic) bond motifs is 1. The number of amides is 1. The smallest absolute Gasteiger partial charge is 0.261 e. The fourth-order valence-electron chi connectivity index (χ4n) is 3.50. The van der Waals surface area contributed by atoms with Crippen LogP contribution in [-0.2, 0) is 4.74 Å². The quantitative estimate of drug-likeness (QED) is 0.524. The Morgan fingerprint density at radius 2 is 1.93 bits per heavy atom. The van der Waals surface area contributed by atoms with Crippen molar-refractivity contribution in [3.63, 3.8) is 0 Å². The molecule has 5 nitrogen and oxygen atoms in total. The van der Waals surface area contributed by atoms with E-state index >= 15 is 0 Å². The summed E-state index contributed by atoms with van der Waals surface area (Å²) < 4.78 is 6.54. The van der Waals surface area contributed by atoms with Gasteiger partial charge in [-0.15, -0.1) is 11.8 Å². The van der Waals surface area contributed by atoms with Crippen LogP contribution in [0.4, 0.5) is 5.13 Å². The van der Waals surface area contributed by atoms with Gasteiger partial charge in [-0.2, -0.15) is 0 Å². The number of rotatable bonds is 7. The van der Waals surface area contributed by atoms with E-state index in [1.165, 1.54) is 0 Å². The Kier molecular flexibility index (Phi) is 6.82. The highest BCUT2D eigenvalue weighted by molar-refractivity contribution is 7.98. The molecule has 152 valence electrons. The molecule has 1 amide bonds. The van der Waals surface area contributed by atoms with Crippen molar-refractivity contribution in [2.24, 2.45) is 0 Å². The second kappa shape index (κ2) is 9.71. The summed E-state index contributed by atoms with van der Waals surface area (Å²) >= 11 is 3.18. The average Bonchev–Trinajstić information content (AvgIpc) is 3.21. The van der Waals surface area contributed by atoms with E-state index in [4.69, 9.17) is 9.72 Å². The molecule has 0 unspecified atom stereocenters. The highest BCUT2D eigenvalue weighted by Gasteiger charge is 2.23. The minimum atomic E-state index is 0.0241. The lowest BCUT2D eigenvalue weighted by Crippen LogP contribution is -2.39. The van der Waals surface area contributed by atoms with Crippen molar-refractivity contribution in [2.45, 2.75) is 11.3 Å². The molecule has 0 spiro atoms. The van der Waals surface area contributed by atoms with Gasteiger partial charge >= 0.3 is 0 Å². The third kappa shape index (κ3) is 4.80. The minimum absolute atomic E-state index is 0.0241. The van der Waals surface area contributed by atoms with Gasteiger partial charge in [0, 0.05) is 31.1 Å². The molecular formula is C22H25N3O2S2. The number of carbonyl (C=O) groups excluding carboxylic acids is 1. The number of nitrogens with zero attached hydrogens (tertiary/aromatic N) is 3. The number of thiazole rings is 1. The Balaban J connectivity index is 1.58. The first-order valence-electron chi connectivity index (χ1n) is 9.87. The maximum Gasteiger partial charge on any atom is 0.261 e. The molecule has 0 N–H and O–H groups in total. The van der Waals surface area contributed by atoms with Crippen LogP contribution in [0.2, 0.25) is 0 Å². The summed E-state index contributed by atoms with van der Waals surface area (Å²) in [6.07, 6.45) is 2.91. The van der Waals surface area contributed by atoms with Gasteiger partial charge in [0.2, 0.25) is 0 Å². The Hall–Kier alpha value is -1.93. The number of benzene rings is 2. The van der Waals surface area contributed by atoms with Crippen molar-refractivity contribution in [2.75, 3.05) is 50.5 Å². The maximum atomic E-state index is 13.5.